The van der Waals surface area contributed by atoms with Crippen molar-refractivity contribution in [1.29, 1.82) is 0 Å². The number of hydrogen-bond donors (Lipinski definition) is 1. The molecular weight excluding hydrogens is 444 g/mol. The molecule has 2 aromatic rings. The Morgan fingerprint density at radius 1 is 1.13 bits per heavy atom. The molecule has 1 aliphatic carbocycles. The third-order valence-electron chi connectivity index (χ3n) is 3.61. The zero-order chi connectivity index (χ0) is 23.1. The van der Waals surface area contributed by atoms with Gasteiger partial charge in [-0.05, 0) is 53.6 Å². The van der Waals surface area contributed by atoms with Crippen molar-refractivity contribution < 1.29 is 9.53 Å². The molecule has 1 aromatic carbocycles. The molecule has 1 fully saturated rings. The van der Waals surface area contributed by atoms with Crippen LogP contribution < -0.4 is 5.73 Å². The fraction of sp³-hybridized carbons (Fsp3) is 0.609. The third-order valence-corrected chi connectivity index (χ3v) is 4.14. The normalized spacial score (nSPS) is 14.2. The first-order valence-corrected chi connectivity index (χ1v) is 11.4. The second-order valence-electron chi connectivity index (χ2n) is 8.98. The fourth-order valence-electron chi connectivity index (χ4n) is 2.24. The average molecular weight is 481 g/mol. The van der Waals surface area contributed by atoms with Crippen molar-refractivity contribution in [2.24, 2.45) is 11.1 Å². The van der Waals surface area contributed by atoms with Crippen LogP contribution in [-0.4, -0.2) is 27.1 Å². The van der Waals surface area contributed by atoms with Crippen LogP contribution in [0.5, 0.6) is 0 Å². The van der Waals surface area contributed by atoms with Gasteiger partial charge in [-0.15, -0.1) is 5.10 Å². The molecule has 0 bridgehead atoms. The molecule has 2 N–H and O–H groups in total. The number of esters is 1. The van der Waals surface area contributed by atoms with Gasteiger partial charge in [0.1, 0.15) is 11.7 Å². The predicted molar refractivity (Wildman–Crippen MR) is 126 cm³/mol. The molecule has 1 aromatic heterocycles. The summed E-state index contributed by atoms with van der Waals surface area (Å²) in [6.07, 6.45) is 2.08. The average Bonchev–Trinajstić information content (AvgIpc) is 3.43. The molecule has 168 valence electrons. The van der Waals surface area contributed by atoms with Crippen LogP contribution in [0.1, 0.15) is 85.9 Å². The number of halogens is 1. The minimum atomic E-state index is -0.781. The van der Waals surface area contributed by atoms with Crippen LogP contribution in [0.25, 0.3) is 11.3 Å². The fourth-order valence-corrected chi connectivity index (χ4v) is 2.71. The first-order chi connectivity index (χ1) is 14.0. The molecule has 0 aliphatic heterocycles. The lowest BCUT2D eigenvalue weighted by atomic mass is 10.0. The Morgan fingerprint density at radius 2 is 1.63 bits per heavy atom. The maximum atomic E-state index is 11.9. The lowest BCUT2D eigenvalue weighted by Crippen LogP contribution is -2.26. The van der Waals surface area contributed by atoms with E-state index >= 15 is 0 Å². The first-order valence-electron chi connectivity index (χ1n) is 10.6. The number of ether oxygens (including phenoxy) is 1. The standard InChI is InChI=1S/C16H19BrN4O2.C5H12.C2H6/c1-9(2)23-16(22)13(18)10-3-5-11(6-4-10)14-15(17)20-21(19-14)12-7-8-12;1-5(2,3)4;1-2/h3-6,9,12-13H,7-8,18H2,1-2H3;1-4H3;1-2H3. The highest BCUT2D eigenvalue weighted by atomic mass is 79.9. The van der Waals surface area contributed by atoms with Crippen LogP contribution in [0.15, 0.2) is 28.9 Å². The molecule has 1 aliphatic rings. The van der Waals surface area contributed by atoms with Gasteiger partial charge >= 0.3 is 5.97 Å². The van der Waals surface area contributed by atoms with Gasteiger partial charge in [0, 0.05) is 5.56 Å². The molecule has 1 atom stereocenters. The van der Waals surface area contributed by atoms with Gasteiger partial charge in [-0.2, -0.15) is 9.90 Å². The smallest absolute Gasteiger partial charge is 0.327 e. The van der Waals surface area contributed by atoms with E-state index in [1.165, 1.54) is 0 Å². The Kier molecular flexibility index (Phi) is 10.2. The number of carbonyl (C=O) groups is 1. The number of nitrogens with zero attached hydrogens (tertiary/aromatic N) is 3. The highest BCUT2D eigenvalue weighted by Crippen LogP contribution is 2.35. The molecule has 30 heavy (non-hydrogen) atoms. The topological polar surface area (TPSA) is 83.0 Å². The highest BCUT2D eigenvalue weighted by Gasteiger charge is 2.27. The van der Waals surface area contributed by atoms with Crippen molar-refractivity contribution in [1.82, 2.24) is 15.0 Å². The molecule has 3 rings (SSSR count). The minimum Gasteiger partial charge on any atom is -0.462 e. The van der Waals surface area contributed by atoms with Crippen LogP contribution in [-0.2, 0) is 9.53 Å². The lowest BCUT2D eigenvalue weighted by molar-refractivity contribution is -0.149. The zero-order valence-corrected chi connectivity index (χ0v) is 21.2. The second kappa shape index (κ2) is 11.6. The molecule has 1 saturated carbocycles. The van der Waals surface area contributed by atoms with Gasteiger partial charge in [-0.1, -0.05) is 65.8 Å². The highest BCUT2D eigenvalue weighted by molar-refractivity contribution is 9.10. The summed E-state index contributed by atoms with van der Waals surface area (Å²) in [5, 5.41) is 8.92. The summed E-state index contributed by atoms with van der Waals surface area (Å²) in [7, 11) is 0. The molecule has 0 amide bonds. The van der Waals surface area contributed by atoms with Crippen LogP contribution >= 0.6 is 15.9 Å². The van der Waals surface area contributed by atoms with Crippen molar-refractivity contribution in [2.75, 3.05) is 0 Å². The van der Waals surface area contributed by atoms with Crippen molar-refractivity contribution in [3.63, 3.8) is 0 Å². The van der Waals surface area contributed by atoms with Crippen molar-refractivity contribution in [3.8, 4) is 11.3 Å². The minimum absolute atomic E-state index is 0.179. The Balaban J connectivity index is 0.000000565. The molecule has 0 radical (unpaired) electrons. The van der Waals surface area contributed by atoms with E-state index in [0.717, 1.165) is 28.7 Å². The summed E-state index contributed by atoms with van der Waals surface area (Å²) < 4.78 is 5.86. The van der Waals surface area contributed by atoms with Crippen molar-refractivity contribution in [3.05, 3.63) is 34.4 Å². The maximum Gasteiger partial charge on any atom is 0.327 e. The van der Waals surface area contributed by atoms with Crippen LogP contribution in [0.4, 0.5) is 0 Å². The van der Waals surface area contributed by atoms with Gasteiger partial charge in [0.15, 0.2) is 4.60 Å². The van der Waals surface area contributed by atoms with E-state index < -0.39 is 12.0 Å². The van der Waals surface area contributed by atoms with Crippen LogP contribution in [0.2, 0.25) is 0 Å². The summed E-state index contributed by atoms with van der Waals surface area (Å²) in [5.41, 5.74) is 8.88. The largest absolute Gasteiger partial charge is 0.462 e. The van der Waals surface area contributed by atoms with Gasteiger partial charge in [-0.3, -0.25) is 0 Å². The van der Waals surface area contributed by atoms with Gasteiger partial charge in [0.2, 0.25) is 0 Å². The first kappa shape index (κ1) is 26.3. The predicted octanol–water partition coefficient (Wildman–Crippen LogP) is 6.07. The maximum absolute atomic E-state index is 11.9. The van der Waals surface area contributed by atoms with Gasteiger partial charge in [-0.25, -0.2) is 4.79 Å². The Morgan fingerprint density at radius 3 is 2.07 bits per heavy atom. The number of benzene rings is 1. The summed E-state index contributed by atoms with van der Waals surface area (Å²) >= 11 is 3.45. The monoisotopic (exact) mass is 480 g/mol. The molecular formula is C23H37BrN4O2. The van der Waals surface area contributed by atoms with E-state index in [0.29, 0.717) is 17.0 Å². The van der Waals surface area contributed by atoms with Crippen LogP contribution in [0.3, 0.4) is 0 Å². The van der Waals surface area contributed by atoms with E-state index in [4.69, 9.17) is 10.5 Å². The zero-order valence-electron chi connectivity index (χ0n) is 19.6. The quantitative estimate of drug-likeness (QED) is 0.524. The van der Waals surface area contributed by atoms with E-state index in [1.54, 1.807) is 18.6 Å². The van der Waals surface area contributed by atoms with Gasteiger partial charge in [0.05, 0.1) is 12.1 Å². The molecule has 1 heterocycles. The Hall–Kier alpha value is -1.73. The Labute approximate surface area is 189 Å². The van der Waals surface area contributed by atoms with Crippen molar-refractivity contribution in [2.45, 2.75) is 86.4 Å². The second-order valence-corrected chi connectivity index (χ2v) is 9.73. The Bertz CT molecular complexity index is 785. The van der Waals surface area contributed by atoms with E-state index in [1.807, 2.05) is 38.1 Å². The summed E-state index contributed by atoms with van der Waals surface area (Å²) in [5.74, 6) is -0.423. The number of aromatic nitrogens is 3. The number of carbonyl (C=O) groups excluding carboxylic acids is 1. The SMILES string of the molecule is CC.CC(C)(C)C.CC(C)OC(=O)C(N)c1ccc(-c2nn(C3CC3)nc2Br)cc1. The van der Waals surface area contributed by atoms with Crippen LogP contribution in [0, 0.1) is 5.41 Å². The van der Waals surface area contributed by atoms with E-state index in [2.05, 4.69) is 53.8 Å². The van der Waals surface area contributed by atoms with E-state index in [-0.39, 0.29) is 6.10 Å². The number of rotatable bonds is 5. The summed E-state index contributed by atoms with van der Waals surface area (Å²) in [6, 6.07) is 7.08. The molecule has 7 heteroatoms. The van der Waals surface area contributed by atoms with E-state index in [9.17, 15) is 4.79 Å². The number of nitrogens with two attached hydrogens (primary N) is 1. The molecule has 6 nitrogen and oxygen atoms in total. The lowest BCUT2D eigenvalue weighted by Gasteiger charge is -2.14. The molecule has 0 spiro atoms. The molecule has 0 saturated heterocycles. The summed E-state index contributed by atoms with van der Waals surface area (Å²) in [4.78, 5) is 13.6. The molecule has 1 unspecified atom stereocenters. The third kappa shape index (κ3) is 8.96. The number of hydrogen-bond acceptors (Lipinski definition) is 5. The van der Waals surface area contributed by atoms with Gasteiger partial charge < -0.3 is 10.5 Å². The summed E-state index contributed by atoms with van der Waals surface area (Å²) in [6.45, 7) is 16.4. The van der Waals surface area contributed by atoms with Crippen molar-refractivity contribution >= 4 is 21.9 Å². The van der Waals surface area contributed by atoms with Gasteiger partial charge in [0.25, 0.3) is 0 Å².